The van der Waals surface area contributed by atoms with Crippen LogP contribution in [0, 0.1) is 0 Å². The molecule has 2 aromatic carbocycles. The van der Waals surface area contributed by atoms with E-state index in [1.54, 1.807) is 0 Å². The molecule has 0 unspecified atom stereocenters. The number of rotatable bonds is 5. The van der Waals surface area contributed by atoms with Crippen molar-refractivity contribution in [1.82, 2.24) is 19.9 Å². The minimum Gasteiger partial charge on any atom is -0.383 e. The number of hydrogen-bond donors (Lipinski definition) is 2. The Hall–Kier alpha value is -2.74. The number of hydrogen-bond acceptors (Lipinski definition) is 7. The number of nitrogens with two attached hydrogens (primary N) is 1. The highest BCUT2D eigenvalue weighted by Gasteiger charge is 2.24. The van der Waals surface area contributed by atoms with E-state index < -0.39 is 0 Å². The lowest BCUT2D eigenvalue weighted by atomic mass is 9.87. The van der Waals surface area contributed by atoms with E-state index in [4.69, 9.17) is 15.5 Å². The fourth-order valence-corrected chi connectivity index (χ4v) is 4.69. The molecule has 0 amide bonds. The van der Waals surface area contributed by atoms with Crippen molar-refractivity contribution in [3.63, 3.8) is 0 Å². The third-order valence-electron chi connectivity index (χ3n) is 6.33. The number of hydrazine groups is 1. The van der Waals surface area contributed by atoms with Crippen LogP contribution in [-0.4, -0.2) is 59.3 Å². The number of benzene rings is 2. The fraction of sp³-hybridized carbons (Fsp3) is 0.417. The second-order valence-electron chi connectivity index (χ2n) is 8.42. The van der Waals surface area contributed by atoms with Crippen LogP contribution < -0.4 is 11.2 Å². The zero-order valence-corrected chi connectivity index (χ0v) is 17.8. The van der Waals surface area contributed by atoms with Crippen molar-refractivity contribution in [3.05, 3.63) is 59.7 Å². The lowest BCUT2D eigenvalue weighted by Gasteiger charge is -2.32. The molecule has 31 heavy (non-hydrogen) atoms. The SMILES string of the molecule is Nc1nc(NN2CCOCC2)nc2cccc(C3CCN(Cc4ccccc4)CC3)c12. The maximum Gasteiger partial charge on any atom is 0.240 e. The minimum absolute atomic E-state index is 0.486. The lowest BCUT2D eigenvalue weighted by Crippen LogP contribution is -2.40. The molecule has 2 fully saturated rings. The molecular weight excluding hydrogens is 388 g/mol. The monoisotopic (exact) mass is 418 g/mol. The number of fused-ring (bicyclic) bond motifs is 1. The van der Waals surface area contributed by atoms with E-state index in [1.165, 1.54) is 11.1 Å². The molecule has 3 heterocycles. The first-order valence-corrected chi connectivity index (χ1v) is 11.2. The van der Waals surface area contributed by atoms with Gasteiger partial charge in [-0.15, -0.1) is 0 Å². The smallest absolute Gasteiger partial charge is 0.240 e. The minimum atomic E-state index is 0.486. The van der Waals surface area contributed by atoms with E-state index in [0.717, 1.165) is 56.5 Å². The van der Waals surface area contributed by atoms with Gasteiger partial charge in [-0.1, -0.05) is 42.5 Å². The number of nitrogens with one attached hydrogen (secondary N) is 1. The molecule has 0 aliphatic carbocycles. The first kappa shape index (κ1) is 20.2. The maximum atomic E-state index is 6.45. The molecule has 2 saturated heterocycles. The number of likely N-dealkylation sites (tertiary alicyclic amines) is 1. The van der Waals surface area contributed by atoms with Gasteiger partial charge >= 0.3 is 0 Å². The molecule has 3 N–H and O–H groups in total. The second-order valence-corrected chi connectivity index (χ2v) is 8.42. The molecule has 0 radical (unpaired) electrons. The van der Waals surface area contributed by atoms with Crippen LogP contribution in [0.4, 0.5) is 11.8 Å². The van der Waals surface area contributed by atoms with Gasteiger partial charge in [-0.3, -0.25) is 10.3 Å². The largest absolute Gasteiger partial charge is 0.383 e. The van der Waals surface area contributed by atoms with Gasteiger partial charge in [0.2, 0.25) is 5.95 Å². The lowest BCUT2D eigenvalue weighted by molar-refractivity contribution is 0.0493. The summed E-state index contributed by atoms with van der Waals surface area (Å²) in [5, 5.41) is 3.09. The molecule has 0 saturated carbocycles. The van der Waals surface area contributed by atoms with Gasteiger partial charge in [-0.25, -0.2) is 9.99 Å². The summed E-state index contributed by atoms with van der Waals surface area (Å²) in [5.74, 6) is 1.60. The first-order chi connectivity index (χ1) is 15.3. The Bertz CT molecular complexity index is 1010. The van der Waals surface area contributed by atoms with Crippen LogP contribution in [0.3, 0.4) is 0 Å². The average molecular weight is 419 g/mol. The van der Waals surface area contributed by atoms with E-state index in [1.807, 2.05) is 6.07 Å². The van der Waals surface area contributed by atoms with Crippen molar-refractivity contribution in [3.8, 4) is 0 Å². The number of nitrogen functional groups attached to an aromatic ring is 1. The third kappa shape index (κ3) is 4.63. The van der Waals surface area contributed by atoms with Crippen LogP contribution in [0.15, 0.2) is 48.5 Å². The van der Waals surface area contributed by atoms with Crippen molar-refractivity contribution in [1.29, 1.82) is 0 Å². The topological polar surface area (TPSA) is 79.5 Å². The Morgan fingerprint density at radius 1 is 0.935 bits per heavy atom. The van der Waals surface area contributed by atoms with Gasteiger partial charge in [-0.2, -0.15) is 4.98 Å². The predicted molar refractivity (Wildman–Crippen MR) is 124 cm³/mol. The molecule has 7 heteroatoms. The summed E-state index contributed by atoms with van der Waals surface area (Å²) < 4.78 is 5.40. The molecule has 3 aromatic rings. The van der Waals surface area contributed by atoms with E-state index in [9.17, 15) is 0 Å². The third-order valence-corrected chi connectivity index (χ3v) is 6.33. The maximum absolute atomic E-state index is 6.45. The zero-order chi connectivity index (χ0) is 21.0. The molecule has 0 bridgehead atoms. The predicted octanol–water partition coefficient (Wildman–Crippen LogP) is 3.25. The van der Waals surface area contributed by atoms with Crippen molar-refractivity contribution >= 4 is 22.7 Å². The van der Waals surface area contributed by atoms with Crippen LogP contribution in [0.25, 0.3) is 10.9 Å². The Balaban J connectivity index is 1.31. The van der Waals surface area contributed by atoms with Crippen LogP contribution in [0.1, 0.15) is 29.9 Å². The molecule has 2 aliphatic rings. The first-order valence-electron chi connectivity index (χ1n) is 11.2. The Kier molecular flexibility index (Phi) is 5.97. The second kappa shape index (κ2) is 9.18. The molecule has 2 aliphatic heterocycles. The molecule has 0 spiro atoms. The standard InChI is InChI=1S/C24H30N6O/c25-23-22-20(19-9-11-29(12-10-19)17-18-5-2-1-3-6-18)7-4-8-21(22)26-24(27-23)28-30-13-15-31-16-14-30/h1-8,19H,9-17H2,(H3,25,26,27,28). The Labute approximate surface area is 183 Å². The molecular formula is C24H30N6O. The molecule has 0 atom stereocenters. The molecule has 1 aromatic heterocycles. The van der Waals surface area contributed by atoms with Gasteiger partial charge in [0, 0.05) is 25.0 Å². The highest BCUT2D eigenvalue weighted by atomic mass is 16.5. The Morgan fingerprint density at radius 2 is 1.71 bits per heavy atom. The molecule has 162 valence electrons. The number of aromatic nitrogens is 2. The van der Waals surface area contributed by atoms with Crippen molar-refractivity contribution in [2.45, 2.75) is 25.3 Å². The summed E-state index contributed by atoms with van der Waals surface area (Å²) in [6, 6.07) is 17.0. The van der Waals surface area contributed by atoms with Gasteiger partial charge < -0.3 is 10.5 Å². The summed E-state index contributed by atoms with van der Waals surface area (Å²) in [6.07, 6.45) is 2.25. The van der Waals surface area contributed by atoms with Crippen LogP contribution in [0.2, 0.25) is 0 Å². The van der Waals surface area contributed by atoms with Gasteiger partial charge in [0.1, 0.15) is 5.82 Å². The zero-order valence-electron chi connectivity index (χ0n) is 17.8. The van der Waals surface area contributed by atoms with Gasteiger partial charge in [0.25, 0.3) is 0 Å². The van der Waals surface area contributed by atoms with Crippen LogP contribution in [-0.2, 0) is 11.3 Å². The number of piperidine rings is 1. The van der Waals surface area contributed by atoms with Crippen LogP contribution >= 0.6 is 0 Å². The van der Waals surface area contributed by atoms with Crippen molar-refractivity contribution < 1.29 is 4.74 Å². The van der Waals surface area contributed by atoms with Crippen molar-refractivity contribution in [2.24, 2.45) is 0 Å². The van der Waals surface area contributed by atoms with Crippen LogP contribution in [0.5, 0.6) is 0 Å². The quantitative estimate of drug-likeness (QED) is 0.658. The number of anilines is 2. The highest BCUT2D eigenvalue weighted by molar-refractivity contribution is 5.92. The summed E-state index contributed by atoms with van der Waals surface area (Å²) in [4.78, 5) is 11.9. The molecule has 5 rings (SSSR count). The van der Waals surface area contributed by atoms with E-state index in [0.29, 0.717) is 30.9 Å². The summed E-state index contributed by atoms with van der Waals surface area (Å²) >= 11 is 0. The highest BCUT2D eigenvalue weighted by Crippen LogP contribution is 2.35. The Morgan fingerprint density at radius 3 is 2.48 bits per heavy atom. The summed E-state index contributed by atoms with van der Waals surface area (Å²) in [7, 11) is 0. The summed E-state index contributed by atoms with van der Waals surface area (Å²) in [5.41, 5.74) is 13.3. The van der Waals surface area contributed by atoms with Gasteiger partial charge in [-0.05, 0) is 49.0 Å². The van der Waals surface area contributed by atoms with E-state index >= 15 is 0 Å². The average Bonchev–Trinajstić information content (AvgIpc) is 2.80. The van der Waals surface area contributed by atoms with Gasteiger partial charge in [0.05, 0.1) is 18.7 Å². The normalized spacial score (nSPS) is 19.0. The number of morpholine rings is 1. The van der Waals surface area contributed by atoms with E-state index in [-0.39, 0.29) is 0 Å². The van der Waals surface area contributed by atoms with Crippen molar-refractivity contribution in [2.75, 3.05) is 50.6 Å². The fourth-order valence-electron chi connectivity index (χ4n) is 4.69. The van der Waals surface area contributed by atoms with Gasteiger partial charge in [0.15, 0.2) is 0 Å². The molecule has 7 nitrogen and oxygen atoms in total. The summed E-state index contributed by atoms with van der Waals surface area (Å²) in [6.45, 7) is 6.24. The number of nitrogens with zero attached hydrogens (tertiary/aromatic N) is 4. The van der Waals surface area contributed by atoms with E-state index in [2.05, 4.69) is 62.8 Å². The number of ether oxygens (including phenoxy) is 1.